The Morgan fingerprint density at radius 1 is 1.09 bits per heavy atom. The molecule has 5 rings (SSSR count). The molecule has 9 nitrogen and oxygen atoms in total. The molecule has 166 valence electrons. The molecule has 0 radical (unpaired) electrons. The first-order valence-electron chi connectivity index (χ1n) is 10.1. The number of ether oxygens (including phenoxy) is 1. The van der Waals surface area contributed by atoms with Crippen LogP contribution in [0.2, 0.25) is 5.02 Å². The highest BCUT2D eigenvalue weighted by molar-refractivity contribution is 6.32. The molecule has 0 unspecified atom stereocenters. The number of nitrogens with one attached hydrogen (secondary N) is 1. The van der Waals surface area contributed by atoms with Crippen LogP contribution in [0.15, 0.2) is 65.7 Å². The highest BCUT2D eigenvalue weighted by atomic mass is 35.5. The molecule has 0 aliphatic carbocycles. The Bertz CT molecular complexity index is 1570. The second-order valence-corrected chi connectivity index (χ2v) is 7.96. The van der Waals surface area contributed by atoms with Crippen molar-refractivity contribution >= 4 is 34.4 Å². The van der Waals surface area contributed by atoms with Crippen molar-refractivity contribution in [2.45, 2.75) is 13.5 Å². The third-order valence-corrected chi connectivity index (χ3v) is 5.56. The van der Waals surface area contributed by atoms with Gasteiger partial charge in [-0.3, -0.25) is 4.79 Å². The summed E-state index contributed by atoms with van der Waals surface area (Å²) in [7, 11) is 1.51. The maximum absolute atomic E-state index is 12.8. The lowest BCUT2D eigenvalue weighted by atomic mass is 10.1. The fourth-order valence-electron chi connectivity index (χ4n) is 3.58. The molecule has 0 saturated carbocycles. The van der Waals surface area contributed by atoms with E-state index < -0.39 is 11.6 Å². The molecule has 33 heavy (non-hydrogen) atoms. The van der Waals surface area contributed by atoms with Gasteiger partial charge in [0.1, 0.15) is 17.8 Å². The minimum atomic E-state index is -0.423. The van der Waals surface area contributed by atoms with Crippen molar-refractivity contribution in [3.8, 4) is 17.0 Å². The van der Waals surface area contributed by atoms with Gasteiger partial charge in [-0.05, 0) is 31.2 Å². The van der Waals surface area contributed by atoms with Gasteiger partial charge in [0.25, 0.3) is 0 Å². The number of fused-ring (bicyclic) bond motifs is 3. The molecule has 5 aromatic rings. The Morgan fingerprint density at radius 2 is 1.88 bits per heavy atom. The number of nitrogens with zero attached hydrogens (tertiary/aromatic N) is 5. The molecule has 0 saturated heterocycles. The van der Waals surface area contributed by atoms with Gasteiger partial charge in [-0.25, -0.2) is 18.4 Å². The van der Waals surface area contributed by atoms with Crippen LogP contribution in [0, 0.1) is 6.92 Å². The van der Waals surface area contributed by atoms with Crippen LogP contribution in [0.4, 0.5) is 5.69 Å². The van der Waals surface area contributed by atoms with Crippen LogP contribution >= 0.6 is 11.6 Å². The van der Waals surface area contributed by atoms with Gasteiger partial charge in [-0.1, -0.05) is 41.4 Å². The Balaban J connectivity index is 1.45. The molecular formula is C23H19ClN6O3. The fourth-order valence-corrected chi connectivity index (χ4v) is 3.84. The van der Waals surface area contributed by atoms with E-state index in [1.807, 2.05) is 37.3 Å². The van der Waals surface area contributed by atoms with Gasteiger partial charge in [-0.15, -0.1) is 5.10 Å². The highest BCUT2D eigenvalue weighted by Gasteiger charge is 2.16. The van der Waals surface area contributed by atoms with Crippen LogP contribution in [0.25, 0.3) is 22.4 Å². The summed E-state index contributed by atoms with van der Waals surface area (Å²) in [6.45, 7) is 1.77. The Kier molecular flexibility index (Phi) is 5.10. The van der Waals surface area contributed by atoms with Gasteiger partial charge in [-0.2, -0.15) is 5.10 Å². The second-order valence-electron chi connectivity index (χ2n) is 7.55. The number of rotatable bonds is 5. The minimum Gasteiger partial charge on any atom is -0.495 e. The summed E-state index contributed by atoms with van der Waals surface area (Å²) >= 11 is 6.11. The number of anilines is 1. The van der Waals surface area contributed by atoms with Gasteiger partial charge in [0.2, 0.25) is 5.91 Å². The van der Waals surface area contributed by atoms with Crippen molar-refractivity contribution in [3.05, 3.63) is 82.0 Å². The van der Waals surface area contributed by atoms with Gasteiger partial charge in [0.05, 0.1) is 17.8 Å². The van der Waals surface area contributed by atoms with E-state index in [9.17, 15) is 9.59 Å². The fraction of sp³-hybridized carbons (Fsp3) is 0.130. The Labute approximate surface area is 192 Å². The summed E-state index contributed by atoms with van der Waals surface area (Å²) < 4.78 is 9.29. The zero-order valence-electron chi connectivity index (χ0n) is 17.8. The quantitative estimate of drug-likeness (QED) is 0.432. The minimum absolute atomic E-state index is 0.255. The van der Waals surface area contributed by atoms with E-state index in [1.54, 1.807) is 35.1 Å². The number of amides is 1. The average molecular weight is 463 g/mol. The lowest BCUT2D eigenvalue weighted by Gasteiger charge is -2.07. The molecule has 1 N–H and O–H groups in total. The molecule has 2 aromatic carbocycles. The monoisotopic (exact) mass is 462 g/mol. The zero-order valence-corrected chi connectivity index (χ0v) is 18.6. The molecule has 0 atom stereocenters. The van der Waals surface area contributed by atoms with Crippen LogP contribution in [-0.4, -0.2) is 36.8 Å². The molecule has 10 heteroatoms. The molecule has 0 bridgehead atoms. The van der Waals surface area contributed by atoms with Gasteiger partial charge < -0.3 is 10.1 Å². The molecule has 0 fully saturated rings. The lowest BCUT2D eigenvalue weighted by molar-refractivity contribution is -0.117. The van der Waals surface area contributed by atoms with Gasteiger partial charge in [0, 0.05) is 23.6 Å². The van der Waals surface area contributed by atoms with Crippen molar-refractivity contribution in [1.29, 1.82) is 0 Å². The number of hydrogen-bond acceptors (Lipinski definition) is 5. The summed E-state index contributed by atoms with van der Waals surface area (Å²) in [5.74, 6) is 0.0904. The first kappa shape index (κ1) is 20.8. The third kappa shape index (κ3) is 3.83. The summed E-state index contributed by atoms with van der Waals surface area (Å²) in [5.41, 5.74) is 4.02. The van der Waals surface area contributed by atoms with E-state index in [4.69, 9.17) is 16.3 Å². The number of aryl methyl sites for hydroxylation is 1. The van der Waals surface area contributed by atoms with E-state index in [0.717, 1.165) is 21.5 Å². The first-order chi connectivity index (χ1) is 15.9. The van der Waals surface area contributed by atoms with Crippen molar-refractivity contribution < 1.29 is 9.53 Å². The predicted molar refractivity (Wildman–Crippen MR) is 125 cm³/mol. The smallest absolute Gasteiger partial charge is 0.350 e. The van der Waals surface area contributed by atoms with Crippen molar-refractivity contribution in [2.24, 2.45) is 0 Å². The highest BCUT2D eigenvalue weighted by Crippen LogP contribution is 2.27. The Hall–Kier alpha value is -4.11. The van der Waals surface area contributed by atoms with Crippen LogP contribution in [-0.2, 0) is 11.3 Å². The van der Waals surface area contributed by atoms with Crippen LogP contribution in [0.1, 0.15) is 5.56 Å². The number of carbonyl (C=O) groups is 1. The standard InChI is InChI=1S/C23H19ClN6O3/c1-14-3-5-15(6-4-14)18-12-19-22-27-30(23(32)28(22)9-10-29(19)26-18)13-21(31)25-16-7-8-20(33-2)17(24)11-16/h3-12H,13H2,1-2H3,(H,25,31). The number of hydrogen-bond donors (Lipinski definition) is 1. The summed E-state index contributed by atoms with van der Waals surface area (Å²) in [6, 6.07) is 14.8. The third-order valence-electron chi connectivity index (χ3n) is 5.27. The molecule has 3 heterocycles. The van der Waals surface area contributed by atoms with Gasteiger partial charge >= 0.3 is 5.69 Å². The SMILES string of the molecule is COc1ccc(NC(=O)Cn2nc3c4cc(-c5ccc(C)cc5)nn4ccn3c2=O)cc1Cl. The van der Waals surface area contributed by atoms with Crippen molar-refractivity contribution in [1.82, 2.24) is 23.8 Å². The number of aromatic nitrogens is 5. The van der Waals surface area contributed by atoms with Crippen molar-refractivity contribution in [3.63, 3.8) is 0 Å². The Morgan fingerprint density at radius 3 is 2.61 bits per heavy atom. The van der Waals surface area contributed by atoms with E-state index in [0.29, 0.717) is 27.6 Å². The van der Waals surface area contributed by atoms with Crippen LogP contribution in [0.5, 0.6) is 5.75 Å². The number of benzene rings is 2. The van der Waals surface area contributed by atoms with Crippen molar-refractivity contribution in [2.75, 3.05) is 12.4 Å². The maximum atomic E-state index is 12.8. The predicted octanol–water partition coefficient (Wildman–Crippen LogP) is 3.42. The summed E-state index contributed by atoms with van der Waals surface area (Å²) in [6.07, 6.45) is 3.27. The van der Waals surface area contributed by atoms with E-state index in [-0.39, 0.29) is 6.54 Å². The lowest BCUT2D eigenvalue weighted by Crippen LogP contribution is -2.28. The normalized spacial score (nSPS) is 11.2. The average Bonchev–Trinajstić information content (AvgIpc) is 3.36. The van der Waals surface area contributed by atoms with E-state index in [2.05, 4.69) is 15.5 Å². The van der Waals surface area contributed by atoms with E-state index in [1.165, 1.54) is 11.5 Å². The number of halogens is 1. The van der Waals surface area contributed by atoms with E-state index >= 15 is 0 Å². The molecule has 0 aliphatic heterocycles. The molecular weight excluding hydrogens is 444 g/mol. The molecule has 3 aromatic heterocycles. The molecule has 0 aliphatic rings. The number of methoxy groups -OCH3 is 1. The van der Waals surface area contributed by atoms with Gasteiger partial charge in [0.15, 0.2) is 5.65 Å². The second kappa shape index (κ2) is 8.10. The number of carbonyl (C=O) groups excluding carboxylic acids is 1. The van der Waals surface area contributed by atoms with Crippen LogP contribution < -0.4 is 15.7 Å². The largest absolute Gasteiger partial charge is 0.495 e. The summed E-state index contributed by atoms with van der Waals surface area (Å²) in [5, 5.41) is 12.1. The zero-order chi connectivity index (χ0) is 23.1. The summed E-state index contributed by atoms with van der Waals surface area (Å²) in [4.78, 5) is 25.4. The first-order valence-corrected chi connectivity index (χ1v) is 10.5. The van der Waals surface area contributed by atoms with Crippen LogP contribution in [0.3, 0.4) is 0 Å². The molecule has 0 spiro atoms. The topological polar surface area (TPSA) is 94.9 Å². The maximum Gasteiger partial charge on any atom is 0.350 e. The molecule has 1 amide bonds.